The van der Waals surface area contributed by atoms with E-state index in [4.69, 9.17) is 12.2 Å². The fourth-order valence-electron chi connectivity index (χ4n) is 2.03. The van der Waals surface area contributed by atoms with Crippen molar-refractivity contribution in [2.24, 2.45) is 5.10 Å². The second-order valence-electron chi connectivity index (χ2n) is 4.52. The van der Waals surface area contributed by atoms with Gasteiger partial charge >= 0.3 is 0 Å². The largest absolute Gasteiger partial charge is 0.361 e. The zero-order valence-corrected chi connectivity index (χ0v) is 11.5. The number of nitrogens with one attached hydrogen (secondary N) is 2. The Labute approximate surface area is 114 Å². The van der Waals surface area contributed by atoms with Crippen LogP contribution < -0.4 is 10.7 Å². The molecule has 0 radical (unpaired) electrons. The van der Waals surface area contributed by atoms with Crippen molar-refractivity contribution in [2.45, 2.75) is 32.6 Å². The fourth-order valence-corrected chi connectivity index (χ4v) is 2.18. The van der Waals surface area contributed by atoms with E-state index in [1.807, 2.05) is 0 Å². The molecule has 96 valence electrons. The average Bonchev–Trinajstić information content (AvgIpc) is 2.79. The van der Waals surface area contributed by atoms with Crippen molar-refractivity contribution in [3.05, 3.63) is 35.4 Å². The van der Waals surface area contributed by atoms with Crippen LogP contribution in [0.5, 0.6) is 0 Å². The Balaban J connectivity index is 1.80. The summed E-state index contributed by atoms with van der Waals surface area (Å²) in [4.78, 5) is 0. The van der Waals surface area contributed by atoms with Crippen LogP contribution >= 0.6 is 12.2 Å². The SMILES string of the molecule is CCCCNC(=S)NN=C1Cc2ccccc2C1. The Bertz CT molecular complexity index is 427. The lowest BCUT2D eigenvalue weighted by atomic mass is 10.1. The maximum atomic E-state index is 5.16. The Kier molecular flexibility index (Phi) is 4.70. The summed E-state index contributed by atoms with van der Waals surface area (Å²) in [6.07, 6.45) is 4.16. The number of hydrogen-bond donors (Lipinski definition) is 2. The fraction of sp³-hybridized carbons (Fsp3) is 0.429. The van der Waals surface area contributed by atoms with Crippen molar-refractivity contribution in [1.29, 1.82) is 0 Å². The van der Waals surface area contributed by atoms with Gasteiger partial charge in [-0.3, -0.25) is 5.43 Å². The highest BCUT2D eigenvalue weighted by Crippen LogP contribution is 2.19. The van der Waals surface area contributed by atoms with E-state index in [2.05, 4.69) is 47.0 Å². The van der Waals surface area contributed by atoms with Crippen LogP contribution in [-0.2, 0) is 12.8 Å². The first-order valence-corrected chi connectivity index (χ1v) is 6.86. The Morgan fingerprint density at radius 3 is 2.56 bits per heavy atom. The van der Waals surface area contributed by atoms with Gasteiger partial charge in [0.1, 0.15) is 0 Å². The molecule has 4 heteroatoms. The third-order valence-corrected chi connectivity index (χ3v) is 3.27. The minimum atomic E-state index is 0.618. The third-order valence-electron chi connectivity index (χ3n) is 3.04. The summed E-state index contributed by atoms with van der Waals surface area (Å²) in [6.45, 7) is 3.07. The predicted octanol–water partition coefficient (Wildman–Crippen LogP) is 2.41. The lowest BCUT2D eigenvalue weighted by Gasteiger charge is -2.06. The number of unbranched alkanes of at least 4 members (excludes halogenated alkanes) is 1. The Morgan fingerprint density at radius 1 is 1.28 bits per heavy atom. The number of nitrogens with zero attached hydrogens (tertiary/aromatic N) is 1. The van der Waals surface area contributed by atoms with Gasteiger partial charge in [0.25, 0.3) is 0 Å². The molecule has 18 heavy (non-hydrogen) atoms. The molecule has 0 unspecified atom stereocenters. The summed E-state index contributed by atoms with van der Waals surface area (Å²) in [5, 5.41) is 8.14. The van der Waals surface area contributed by atoms with Gasteiger partial charge in [-0.2, -0.15) is 5.10 Å². The van der Waals surface area contributed by atoms with Gasteiger partial charge in [-0.25, -0.2) is 0 Å². The molecule has 3 nitrogen and oxygen atoms in total. The van der Waals surface area contributed by atoms with Crippen LogP contribution in [0.1, 0.15) is 30.9 Å². The van der Waals surface area contributed by atoms with E-state index < -0.39 is 0 Å². The van der Waals surface area contributed by atoms with Gasteiger partial charge in [0, 0.05) is 25.1 Å². The van der Waals surface area contributed by atoms with Crippen molar-refractivity contribution < 1.29 is 0 Å². The van der Waals surface area contributed by atoms with E-state index in [1.54, 1.807) is 0 Å². The van der Waals surface area contributed by atoms with Gasteiger partial charge < -0.3 is 5.32 Å². The molecule has 0 spiro atoms. The molecular weight excluding hydrogens is 242 g/mol. The zero-order chi connectivity index (χ0) is 12.8. The highest BCUT2D eigenvalue weighted by atomic mass is 32.1. The molecule has 1 aliphatic carbocycles. The standard InChI is InChI=1S/C14H19N3S/c1-2-3-8-15-14(18)17-16-13-9-11-6-4-5-7-12(11)10-13/h4-7H,2-3,8-10H2,1H3,(H2,15,17,18). The first-order valence-electron chi connectivity index (χ1n) is 6.45. The summed E-state index contributed by atoms with van der Waals surface area (Å²) < 4.78 is 0. The molecule has 1 aromatic carbocycles. The van der Waals surface area contributed by atoms with Crippen LogP contribution in [-0.4, -0.2) is 17.4 Å². The zero-order valence-electron chi connectivity index (χ0n) is 10.7. The van der Waals surface area contributed by atoms with E-state index in [0.29, 0.717) is 5.11 Å². The molecule has 0 fully saturated rings. The van der Waals surface area contributed by atoms with E-state index in [9.17, 15) is 0 Å². The third kappa shape index (κ3) is 3.53. The van der Waals surface area contributed by atoms with Crippen LogP contribution in [0.3, 0.4) is 0 Å². The lowest BCUT2D eigenvalue weighted by Crippen LogP contribution is -2.33. The number of hydrogen-bond acceptors (Lipinski definition) is 2. The number of benzene rings is 1. The van der Waals surface area contributed by atoms with Crippen LogP contribution in [0, 0.1) is 0 Å². The lowest BCUT2D eigenvalue weighted by molar-refractivity contribution is 0.744. The van der Waals surface area contributed by atoms with Crippen molar-refractivity contribution >= 4 is 23.0 Å². The molecule has 0 heterocycles. The van der Waals surface area contributed by atoms with Gasteiger partial charge in [-0.15, -0.1) is 0 Å². The first-order chi connectivity index (χ1) is 8.79. The van der Waals surface area contributed by atoms with Gasteiger partial charge in [-0.05, 0) is 29.8 Å². The number of rotatable bonds is 4. The van der Waals surface area contributed by atoms with Gasteiger partial charge in [0.15, 0.2) is 5.11 Å². The van der Waals surface area contributed by atoms with E-state index >= 15 is 0 Å². The second-order valence-corrected chi connectivity index (χ2v) is 4.93. The number of fused-ring (bicyclic) bond motifs is 1. The number of hydrazone groups is 1. The Hall–Kier alpha value is -1.42. The quantitative estimate of drug-likeness (QED) is 0.496. The molecule has 0 atom stereocenters. The molecule has 1 aromatic rings. The first kappa shape index (κ1) is 13.0. The molecule has 0 saturated carbocycles. The van der Waals surface area contributed by atoms with Crippen molar-refractivity contribution in [1.82, 2.24) is 10.7 Å². The second kappa shape index (κ2) is 6.50. The highest BCUT2D eigenvalue weighted by Gasteiger charge is 2.15. The summed E-state index contributed by atoms with van der Waals surface area (Å²) in [6, 6.07) is 8.48. The van der Waals surface area contributed by atoms with Crippen LogP contribution in [0.2, 0.25) is 0 Å². The summed E-state index contributed by atoms with van der Waals surface area (Å²) in [5.41, 5.74) is 6.83. The molecule has 0 aromatic heterocycles. The smallest absolute Gasteiger partial charge is 0.186 e. The maximum absolute atomic E-state index is 5.16. The van der Waals surface area contributed by atoms with Crippen molar-refractivity contribution in [3.63, 3.8) is 0 Å². The number of thiocarbonyl (C=S) groups is 1. The van der Waals surface area contributed by atoms with Crippen molar-refractivity contribution in [2.75, 3.05) is 6.54 Å². The molecule has 0 bridgehead atoms. The monoisotopic (exact) mass is 261 g/mol. The summed E-state index contributed by atoms with van der Waals surface area (Å²) in [7, 11) is 0. The van der Waals surface area contributed by atoms with Crippen molar-refractivity contribution in [3.8, 4) is 0 Å². The summed E-state index contributed by atoms with van der Waals surface area (Å²) in [5.74, 6) is 0. The minimum Gasteiger partial charge on any atom is -0.361 e. The maximum Gasteiger partial charge on any atom is 0.186 e. The highest BCUT2D eigenvalue weighted by molar-refractivity contribution is 7.80. The van der Waals surface area contributed by atoms with Gasteiger partial charge in [0.05, 0.1) is 0 Å². The average molecular weight is 261 g/mol. The van der Waals surface area contributed by atoms with Crippen LogP contribution in [0.15, 0.2) is 29.4 Å². The molecule has 2 rings (SSSR count). The van der Waals surface area contributed by atoms with E-state index in [1.165, 1.54) is 17.5 Å². The molecular formula is C14H19N3S. The van der Waals surface area contributed by atoms with Gasteiger partial charge in [0.2, 0.25) is 0 Å². The molecule has 0 aliphatic heterocycles. The molecule has 0 amide bonds. The van der Waals surface area contributed by atoms with Gasteiger partial charge in [-0.1, -0.05) is 37.6 Å². The van der Waals surface area contributed by atoms with E-state index in [0.717, 1.165) is 31.5 Å². The van der Waals surface area contributed by atoms with Crippen LogP contribution in [0.25, 0.3) is 0 Å². The molecule has 0 saturated heterocycles. The topological polar surface area (TPSA) is 36.4 Å². The summed E-state index contributed by atoms with van der Waals surface area (Å²) >= 11 is 5.16. The molecule has 2 N–H and O–H groups in total. The Morgan fingerprint density at radius 2 is 1.94 bits per heavy atom. The van der Waals surface area contributed by atoms with E-state index in [-0.39, 0.29) is 0 Å². The van der Waals surface area contributed by atoms with Crippen LogP contribution in [0.4, 0.5) is 0 Å². The molecule has 1 aliphatic rings. The minimum absolute atomic E-state index is 0.618. The normalized spacial score (nSPS) is 13.1. The predicted molar refractivity (Wildman–Crippen MR) is 79.9 cm³/mol.